The summed E-state index contributed by atoms with van der Waals surface area (Å²) in [5.74, 6) is -0.626. The van der Waals surface area contributed by atoms with Crippen LogP contribution in [0.25, 0.3) is 0 Å². The molecule has 120 valence electrons. The maximum absolute atomic E-state index is 12.1. The molecule has 0 amide bonds. The quantitative estimate of drug-likeness (QED) is 0.899. The minimum atomic E-state index is -3.42. The summed E-state index contributed by atoms with van der Waals surface area (Å²) in [5.41, 5.74) is 1.79. The third kappa shape index (κ3) is 3.98. The summed E-state index contributed by atoms with van der Waals surface area (Å²) >= 11 is 0. The van der Waals surface area contributed by atoms with Crippen LogP contribution in [0.5, 0.6) is 0 Å². The Balaban J connectivity index is 2.56. The molecule has 1 aromatic rings. The Hall–Kier alpha value is -1.60. The van der Waals surface area contributed by atoms with Gasteiger partial charge in [-0.25, -0.2) is 16.8 Å². The highest BCUT2D eigenvalue weighted by Gasteiger charge is 2.30. The summed E-state index contributed by atoms with van der Waals surface area (Å²) in [7, 11) is -6.62. The normalized spacial score (nSPS) is 19.6. The van der Waals surface area contributed by atoms with Gasteiger partial charge in [0.05, 0.1) is 10.7 Å². The van der Waals surface area contributed by atoms with E-state index in [2.05, 4.69) is 5.32 Å². The molecule has 7 heteroatoms. The average molecular weight is 341 g/mol. The molecule has 0 saturated carbocycles. The van der Waals surface area contributed by atoms with E-state index < -0.39 is 25.6 Å². The molecule has 1 atom stereocenters. The number of allylic oxidation sites excluding steroid dienone is 3. The first-order valence-electron chi connectivity index (χ1n) is 6.69. The highest BCUT2D eigenvalue weighted by molar-refractivity contribution is 7.94. The molecule has 0 radical (unpaired) electrons. The molecule has 1 aromatic carbocycles. The molecule has 1 N–H and O–H groups in total. The first-order valence-corrected chi connectivity index (χ1v) is 10.6. The summed E-state index contributed by atoms with van der Waals surface area (Å²) < 4.78 is 47.3. The lowest BCUT2D eigenvalue weighted by molar-refractivity contribution is 0.602. The maximum atomic E-state index is 12.1. The second kappa shape index (κ2) is 5.89. The van der Waals surface area contributed by atoms with Gasteiger partial charge in [-0.2, -0.15) is 0 Å². The molecular formula is C15H19NO4S2. The molecule has 0 saturated heterocycles. The molecule has 2 rings (SSSR count). The third-order valence-corrected chi connectivity index (χ3v) is 5.54. The van der Waals surface area contributed by atoms with E-state index in [1.807, 2.05) is 30.3 Å². The lowest BCUT2D eigenvalue weighted by atomic mass is 9.94. The number of nitrogens with one attached hydrogen (secondary N) is 1. The number of sulfone groups is 2. The lowest BCUT2D eigenvalue weighted by Gasteiger charge is -2.27. The molecule has 0 fully saturated rings. The SMILES string of the molecule is CC1=C(S(C)(=O)=O)C(c2ccccc2)C=C(CS(C)(=O)=O)N1. The highest BCUT2D eigenvalue weighted by atomic mass is 32.2. The summed E-state index contributed by atoms with van der Waals surface area (Å²) in [6.07, 6.45) is 4.00. The Labute approximate surface area is 131 Å². The van der Waals surface area contributed by atoms with Gasteiger partial charge < -0.3 is 5.32 Å². The van der Waals surface area contributed by atoms with Gasteiger partial charge in [-0.15, -0.1) is 0 Å². The van der Waals surface area contributed by atoms with Crippen molar-refractivity contribution in [3.05, 3.63) is 58.3 Å². The molecule has 1 aliphatic rings. The smallest absolute Gasteiger partial charge is 0.174 e. The van der Waals surface area contributed by atoms with Crippen molar-refractivity contribution in [1.82, 2.24) is 5.32 Å². The van der Waals surface area contributed by atoms with E-state index in [-0.39, 0.29) is 10.7 Å². The van der Waals surface area contributed by atoms with Gasteiger partial charge in [0.15, 0.2) is 19.7 Å². The Bertz CT molecular complexity index is 835. The van der Waals surface area contributed by atoms with Crippen LogP contribution in [0.1, 0.15) is 18.4 Å². The monoisotopic (exact) mass is 341 g/mol. The number of benzene rings is 1. The predicted octanol–water partition coefficient (Wildman–Crippen LogP) is 1.58. The Morgan fingerprint density at radius 1 is 1.05 bits per heavy atom. The van der Waals surface area contributed by atoms with Gasteiger partial charge in [-0.05, 0) is 12.5 Å². The topological polar surface area (TPSA) is 80.3 Å². The van der Waals surface area contributed by atoms with E-state index in [4.69, 9.17) is 0 Å². The minimum Gasteiger partial charge on any atom is -0.361 e. The second-order valence-electron chi connectivity index (χ2n) is 5.54. The van der Waals surface area contributed by atoms with Crippen LogP contribution in [0.4, 0.5) is 0 Å². The van der Waals surface area contributed by atoms with Crippen molar-refractivity contribution in [1.29, 1.82) is 0 Å². The average Bonchev–Trinajstić information content (AvgIpc) is 2.35. The summed E-state index contributed by atoms with van der Waals surface area (Å²) in [6.45, 7) is 1.65. The number of hydrogen-bond acceptors (Lipinski definition) is 5. The van der Waals surface area contributed by atoms with Crippen molar-refractivity contribution in [2.24, 2.45) is 0 Å². The number of hydrogen-bond donors (Lipinski definition) is 1. The molecule has 1 unspecified atom stereocenters. The molecule has 1 heterocycles. The van der Waals surface area contributed by atoms with Crippen molar-refractivity contribution in [2.75, 3.05) is 18.3 Å². The first kappa shape index (κ1) is 16.8. The van der Waals surface area contributed by atoms with Gasteiger partial charge in [-0.3, -0.25) is 0 Å². The van der Waals surface area contributed by atoms with Crippen LogP contribution in [-0.4, -0.2) is 35.1 Å². The third-order valence-electron chi connectivity index (χ3n) is 3.34. The van der Waals surface area contributed by atoms with Gasteiger partial charge in [0.2, 0.25) is 0 Å². The van der Waals surface area contributed by atoms with Crippen molar-refractivity contribution in [3.8, 4) is 0 Å². The van der Waals surface area contributed by atoms with Gasteiger partial charge >= 0.3 is 0 Å². The van der Waals surface area contributed by atoms with Crippen molar-refractivity contribution in [2.45, 2.75) is 12.8 Å². The van der Waals surface area contributed by atoms with Crippen LogP contribution in [-0.2, 0) is 19.7 Å². The summed E-state index contributed by atoms with van der Waals surface area (Å²) in [5, 5.41) is 2.91. The fourth-order valence-electron chi connectivity index (χ4n) is 2.64. The van der Waals surface area contributed by atoms with Crippen LogP contribution in [0.2, 0.25) is 0 Å². The molecule has 0 aliphatic carbocycles. The lowest BCUT2D eigenvalue weighted by Crippen LogP contribution is -2.28. The second-order valence-corrected chi connectivity index (χ2v) is 9.66. The van der Waals surface area contributed by atoms with Crippen LogP contribution in [0, 0.1) is 0 Å². The van der Waals surface area contributed by atoms with Crippen LogP contribution in [0.3, 0.4) is 0 Å². The molecule has 0 bridgehead atoms. The number of rotatable bonds is 4. The minimum absolute atomic E-state index is 0.148. The maximum Gasteiger partial charge on any atom is 0.174 e. The molecule has 22 heavy (non-hydrogen) atoms. The van der Waals surface area contributed by atoms with E-state index in [1.54, 1.807) is 13.0 Å². The van der Waals surface area contributed by atoms with E-state index in [0.717, 1.165) is 11.8 Å². The molecular weight excluding hydrogens is 322 g/mol. The molecule has 5 nitrogen and oxygen atoms in total. The van der Waals surface area contributed by atoms with Crippen molar-refractivity contribution < 1.29 is 16.8 Å². The fourth-order valence-corrected chi connectivity index (χ4v) is 4.64. The van der Waals surface area contributed by atoms with Gasteiger partial charge in [-0.1, -0.05) is 36.4 Å². The fraction of sp³-hybridized carbons (Fsp3) is 0.333. The van der Waals surface area contributed by atoms with Crippen LogP contribution in [0.15, 0.2) is 52.7 Å². The van der Waals surface area contributed by atoms with Gasteiger partial charge in [0, 0.05) is 29.8 Å². The van der Waals surface area contributed by atoms with Crippen LogP contribution >= 0.6 is 0 Å². The molecule has 0 spiro atoms. The van der Waals surface area contributed by atoms with E-state index in [9.17, 15) is 16.8 Å². The predicted molar refractivity (Wildman–Crippen MR) is 87.7 cm³/mol. The van der Waals surface area contributed by atoms with E-state index in [1.165, 1.54) is 6.26 Å². The molecule has 1 aliphatic heterocycles. The van der Waals surface area contributed by atoms with Gasteiger partial charge in [0.1, 0.15) is 0 Å². The zero-order valence-electron chi connectivity index (χ0n) is 12.7. The van der Waals surface area contributed by atoms with Crippen molar-refractivity contribution >= 4 is 19.7 Å². The zero-order valence-corrected chi connectivity index (χ0v) is 14.3. The number of dihydropyridines is 1. The molecule has 0 aromatic heterocycles. The van der Waals surface area contributed by atoms with Gasteiger partial charge in [0.25, 0.3) is 0 Å². The Kier molecular flexibility index (Phi) is 4.49. The van der Waals surface area contributed by atoms with Crippen molar-refractivity contribution in [3.63, 3.8) is 0 Å². The summed E-state index contributed by atoms with van der Waals surface area (Å²) in [4.78, 5) is 0.274. The zero-order chi connectivity index (χ0) is 16.5. The Morgan fingerprint density at radius 2 is 1.64 bits per heavy atom. The van der Waals surface area contributed by atoms with Crippen LogP contribution < -0.4 is 5.32 Å². The highest BCUT2D eigenvalue weighted by Crippen LogP contribution is 2.35. The summed E-state index contributed by atoms with van der Waals surface area (Å²) in [6, 6.07) is 9.18. The largest absolute Gasteiger partial charge is 0.361 e. The van der Waals surface area contributed by atoms with E-state index in [0.29, 0.717) is 11.4 Å². The first-order chi connectivity index (χ1) is 10.1. The standard InChI is InChI=1S/C15H19NO4S2/c1-11-15(22(3,19)20)14(12-7-5-4-6-8-12)9-13(16-11)10-21(2,17)18/h4-9,14,16H,10H2,1-3H3. The Morgan fingerprint density at radius 3 is 2.14 bits per heavy atom. The van der Waals surface area contributed by atoms with E-state index >= 15 is 0 Å².